The van der Waals surface area contributed by atoms with Gasteiger partial charge in [0.1, 0.15) is 0 Å². The van der Waals surface area contributed by atoms with Gasteiger partial charge in [-0.1, -0.05) is 19.8 Å². The van der Waals surface area contributed by atoms with Crippen LogP contribution in [-0.2, 0) is 0 Å². The van der Waals surface area contributed by atoms with Gasteiger partial charge in [0.15, 0.2) is 0 Å². The van der Waals surface area contributed by atoms with E-state index >= 15 is 0 Å². The summed E-state index contributed by atoms with van der Waals surface area (Å²) in [4.78, 5) is 4.03. The minimum absolute atomic E-state index is 0.184. The zero-order chi connectivity index (χ0) is 14.5. The van der Waals surface area contributed by atoms with Crippen LogP contribution in [0.4, 0.5) is 0 Å². The van der Waals surface area contributed by atoms with Gasteiger partial charge >= 0.3 is 0 Å². The van der Waals surface area contributed by atoms with Crippen molar-refractivity contribution in [3.05, 3.63) is 20.8 Å². The highest BCUT2D eigenvalue weighted by Crippen LogP contribution is 2.34. The normalized spacial score (nSPS) is 24.3. The van der Waals surface area contributed by atoms with E-state index in [1.54, 1.807) is 0 Å². The van der Waals surface area contributed by atoms with Crippen molar-refractivity contribution in [2.75, 3.05) is 13.1 Å². The minimum Gasteiger partial charge on any atom is -0.326 e. The van der Waals surface area contributed by atoms with Crippen LogP contribution >= 0.6 is 27.3 Å². The summed E-state index contributed by atoms with van der Waals surface area (Å²) in [5.74, 6) is 0.925. The largest absolute Gasteiger partial charge is 0.326 e. The van der Waals surface area contributed by atoms with Crippen LogP contribution in [0, 0.1) is 5.92 Å². The fraction of sp³-hybridized carbons (Fsp3) is 0.750. The topological polar surface area (TPSA) is 29.3 Å². The maximum absolute atomic E-state index is 6.30. The lowest BCUT2D eigenvalue weighted by molar-refractivity contribution is 0.183. The summed E-state index contributed by atoms with van der Waals surface area (Å²) in [5, 5.41) is 0. The Kier molecular flexibility index (Phi) is 6.53. The molecule has 0 aromatic carbocycles. The monoisotopic (exact) mass is 358 g/mol. The summed E-state index contributed by atoms with van der Waals surface area (Å²) < 4.78 is 1.21. The quantitative estimate of drug-likeness (QED) is 0.818. The molecule has 1 aliphatic rings. The first-order valence-corrected chi connectivity index (χ1v) is 9.47. The summed E-state index contributed by atoms with van der Waals surface area (Å²) in [6, 6.07) is 4.94. The Morgan fingerprint density at radius 2 is 2.20 bits per heavy atom. The Balaban J connectivity index is 2.06. The van der Waals surface area contributed by atoms with Gasteiger partial charge in [-0.3, -0.25) is 4.90 Å². The molecule has 3 atom stereocenters. The van der Waals surface area contributed by atoms with Crippen molar-refractivity contribution in [3.63, 3.8) is 0 Å². The predicted molar refractivity (Wildman–Crippen MR) is 92.2 cm³/mol. The molecule has 1 saturated heterocycles. The Bertz CT molecular complexity index is 405. The first-order chi connectivity index (χ1) is 9.61. The fourth-order valence-corrected chi connectivity index (χ4v) is 5.10. The number of nitrogens with two attached hydrogens (primary N) is 1. The van der Waals surface area contributed by atoms with E-state index < -0.39 is 0 Å². The Morgan fingerprint density at radius 1 is 1.40 bits per heavy atom. The molecule has 1 aromatic heterocycles. The maximum atomic E-state index is 6.30. The smallest absolute Gasteiger partial charge is 0.0702 e. The molecule has 0 aliphatic carbocycles. The molecule has 0 spiro atoms. The van der Waals surface area contributed by atoms with Crippen LogP contribution in [0.25, 0.3) is 0 Å². The molecule has 2 rings (SSSR count). The first-order valence-electron chi connectivity index (χ1n) is 7.86. The first kappa shape index (κ1) is 16.5. The fourth-order valence-electron chi connectivity index (χ4n) is 3.42. The molecule has 4 heteroatoms. The molecule has 2 N–H and O–H groups in total. The van der Waals surface area contributed by atoms with Gasteiger partial charge in [0.25, 0.3) is 0 Å². The summed E-state index contributed by atoms with van der Waals surface area (Å²) in [6.07, 6.45) is 6.76. The molecule has 2 nitrogen and oxygen atoms in total. The third kappa shape index (κ3) is 4.30. The van der Waals surface area contributed by atoms with Crippen LogP contribution in [0.1, 0.15) is 56.9 Å². The van der Waals surface area contributed by atoms with E-state index in [4.69, 9.17) is 5.73 Å². The molecular weight excluding hydrogens is 332 g/mol. The van der Waals surface area contributed by atoms with E-state index in [1.165, 1.54) is 53.9 Å². The van der Waals surface area contributed by atoms with Crippen molar-refractivity contribution in [1.82, 2.24) is 4.90 Å². The molecule has 1 aliphatic heterocycles. The van der Waals surface area contributed by atoms with Crippen molar-refractivity contribution in [3.8, 4) is 0 Å². The van der Waals surface area contributed by atoms with Crippen molar-refractivity contribution in [2.24, 2.45) is 11.7 Å². The number of nitrogens with zero attached hydrogens (tertiary/aromatic N) is 1. The Labute approximate surface area is 135 Å². The molecule has 0 amide bonds. The van der Waals surface area contributed by atoms with E-state index in [-0.39, 0.29) is 6.04 Å². The van der Waals surface area contributed by atoms with Crippen LogP contribution in [-0.4, -0.2) is 24.0 Å². The Morgan fingerprint density at radius 3 is 2.80 bits per heavy atom. The highest BCUT2D eigenvalue weighted by molar-refractivity contribution is 9.11. The van der Waals surface area contributed by atoms with Gasteiger partial charge in [-0.2, -0.15) is 0 Å². The molecule has 114 valence electrons. The second kappa shape index (κ2) is 7.92. The van der Waals surface area contributed by atoms with E-state index in [9.17, 15) is 0 Å². The SMILES string of the molecule is CCCC1CCCN(C(c2ccc(Br)s2)C(C)N)CC1. The van der Waals surface area contributed by atoms with Crippen LogP contribution in [0.2, 0.25) is 0 Å². The predicted octanol–water partition coefficient (Wildman–Crippen LogP) is 4.80. The number of hydrogen-bond acceptors (Lipinski definition) is 3. The van der Waals surface area contributed by atoms with E-state index in [2.05, 4.69) is 46.8 Å². The average Bonchev–Trinajstić information content (AvgIpc) is 2.68. The van der Waals surface area contributed by atoms with Crippen LogP contribution in [0.5, 0.6) is 0 Å². The molecule has 1 fully saturated rings. The second-order valence-electron chi connectivity index (χ2n) is 6.07. The summed E-state index contributed by atoms with van der Waals surface area (Å²) >= 11 is 5.41. The summed E-state index contributed by atoms with van der Waals surface area (Å²) in [7, 11) is 0. The Hall–Kier alpha value is 0.1000. The van der Waals surface area contributed by atoms with Gasteiger partial charge in [-0.05, 0) is 73.3 Å². The van der Waals surface area contributed by atoms with Crippen LogP contribution in [0.3, 0.4) is 0 Å². The zero-order valence-corrected chi connectivity index (χ0v) is 15.0. The van der Waals surface area contributed by atoms with Gasteiger partial charge in [0.2, 0.25) is 0 Å². The van der Waals surface area contributed by atoms with Gasteiger partial charge < -0.3 is 5.73 Å². The van der Waals surface area contributed by atoms with Gasteiger partial charge in [0, 0.05) is 10.9 Å². The molecule has 0 bridgehead atoms. The molecule has 2 heterocycles. The second-order valence-corrected chi connectivity index (χ2v) is 8.56. The van der Waals surface area contributed by atoms with E-state index in [0.717, 1.165) is 5.92 Å². The van der Waals surface area contributed by atoms with Crippen LogP contribution in [0.15, 0.2) is 15.9 Å². The lowest BCUT2D eigenvalue weighted by Crippen LogP contribution is -2.39. The van der Waals surface area contributed by atoms with Crippen molar-refractivity contribution < 1.29 is 0 Å². The minimum atomic E-state index is 0.184. The highest BCUT2D eigenvalue weighted by Gasteiger charge is 2.27. The summed E-state index contributed by atoms with van der Waals surface area (Å²) in [6.45, 7) is 6.84. The van der Waals surface area contributed by atoms with Gasteiger partial charge in [0.05, 0.1) is 9.83 Å². The summed E-state index contributed by atoms with van der Waals surface area (Å²) in [5.41, 5.74) is 6.30. The number of halogens is 1. The third-order valence-electron chi connectivity index (χ3n) is 4.36. The van der Waals surface area contributed by atoms with Crippen LogP contribution < -0.4 is 5.73 Å². The maximum Gasteiger partial charge on any atom is 0.0702 e. The van der Waals surface area contributed by atoms with E-state index in [1.807, 2.05) is 11.3 Å². The van der Waals surface area contributed by atoms with Gasteiger partial charge in [-0.25, -0.2) is 0 Å². The molecule has 3 unspecified atom stereocenters. The molecule has 0 radical (unpaired) electrons. The number of likely N-dealkylation sites (tertiary alicyclic amines) is 1. The zero-order valence-electron chi connectivity index (χ0n) is 12.6. The molecule has 1 aromatic rings. The van der Waals surface area contributed by atoms with E-state index in [0.29, 0.717) is 6.04 Å². The van der Waals surface area contributed by atoms with Gasteiger partial charge in [-0.15, -0.1) is 11.3 Å². The lowest BCUT2D eigenvalue weighted by Gasteiger charge is -2.32. The highest BCUT2D eigenvalue weighted by atomic mass is 79.9. The third-order valence-corrected chi connectivity index (χ3v) is 6.05. The van der Waals surface area contributed by atoms with Crippen molar-refractivity contribution in [2.45, 2.75) is 58.0 Å². The van der Waals surface area contributed by atoms with Crippen molar-refractivity contribution in [1.29, 1.82) is 0 Å². The number of rotatable bonds is 5. The molecule has 0 saturated carbocycles. The lowest BCUT2D eigenvalue weighted by atomic mass is 9.96. The number of thiophene rings is 1. The standard InChI is InChI=1S/C16H27BrN2S/c1-3-5-13-6-4-10-19(11-9-13)16(12(2)18)14-7-8-15(17)20-14/h7-8,12-13,16H,3-6,9-11,18H2,1-2H3. The molecule has 20 heavy (non-hydrogen) atoms. The number of hydrogen-bond donors (Lipinski definition) is 1. The van der Waals surface area contributed by atoms with Crippen molar-refractivity contribution >= 4 is 27.3 Å². The average molecular weight is 359 g/mol. The molecular formula is C16H27BrN2S.